The van der Waals surface area contributed by atoms with Crippen molar-refractivity contribution in [3.8, 4) is 5.69 Å². The van der Waals surface area contributed by atoms with Crippen LogP contribution in [-0.4, -0.2) is 25.2 Å². The summed E-state index contributed by atoms with van der Waals surface area (Å²) in [6, 6.07) is 10.1. The molecule has 2 heterocycles. The molecule has 0 aliphatic carbocycles. The van der Waals surface area contributed by atoms with E-state index in [-0.39, 0.29) is 0 Å². The first kappa shape index (κ1) is 12.3. The van der Waals surface area contributed by atoms with Gasteiger partial charge in [0.2, 0.25) is 0 Å². The number of tetrazole rings is 1. The predicted octanol–water partition coefficient (Wildman–Crippen LogP) is 1.98. The highest BCUT2D eigenvalue weighted by Crippen LogP contribution is 2.18. The molecule has 0 bridgehead atoms. The van der Waals surface area contributed by atoms with Crippen molar-refractivity contribution in [2.45, 2.75) is 13.5 Å². The Bertz CT molecular complexity index is 678. The van der Waals surface area contributed by atoms with Gasteiger partial charge >= 0.3 is 0 Å². The molecule has 3 rings (SSSR count). The van der Waals surface area contributed by atoms with E-state index in [4.69, 9.17) is 0 Å². The standard InChI is InChI=1S/C14H14N6/c1-11-8-13(16-9-12-4-6-15-7-5-12)2-3-14(11)20-10-17-18-19-20/h2-8,10,16H,9H2,1H3. The molecular weight excluding hydrogens is 252 g/mol. The first-order valence-corrected chi connectivity index (χ1v) is 6.30. The summed E-state index contributed by atoms with van der Waals surface area (Å²) in [4.78, 5) is 4.01. The molecule has 0 spiro atoms. The third kappa shape index (κ3) is 2.64. The van der Waals surface area contributed by atoms with Gasteiger partial charge in [-0.15, -0.1) is 5.10 Å². The fraction of sp³-hybridized carbons (Fsp3) is 0.143. The van der Waals surface area contributed by atoms with E-state index in [2.05, 4.69) is 31.9 Å². The average Bonchev–Trinajstić information content (AvgIpc) is 3.00. The Hall–Kier alpha value is -2.76. The predicted molar refractivity (Wildman–Crippen MR) is 75.5 cm³/mol. The van der Waals surface area contributed by atoms with Crippen LogP contribution in [0.15, 0.2) is 49.1 Å². The highest BCUT2D eigenvalue weighted by Gasteiger charge is 2.03. The number of hydrogen-bond donors (Lipinski definition) is 1. The van der Waals surface area contributed by atoms with Gasteiger partial charge in [0, 0.05) is 24.6 Å². The lowest BCUT2D eigenvalue weighted by Gasteiger charge is -2.10. The Morgan fingerprint density at radius 1 is 1.15 bits per heavy atom. The van der Waals surface area contributed by atoms with Crippen molar-refractivity contribution in [3.05, 3.63) is 60.2 Å². The van der Waals surface area contributed by atoms with Gasteiger partial charge in [-0.05, 0) is 58.8 Å². The maximum atomic E-state index is 4.01. The molecular formula is C14H14N6. The Morgan fingerprint density at radius 3 is 2.70 bits per heavy atom. The van der Waals surface area contributed by atoms with Crippen LogP contribution in [0, 0.1) is 6.92 Å². The van der Waals surface area contributed by atoms with Gasteiger partial charge in [0.05, 0.1) is 5.69 Å². The largest absolute Gasteiger partial charge is 0.381 e. The first-order chi connectivity index (χ1) is 9.83. The van der Waals surface area contributed by atoms with Gasteiger partial charge in [0.15, 0.2) is 0 Å². The molecule has 6 heteroatoms. The van der Waals surface area contributed by atoms with Crippen molar-refractivity contribution in [1.29, 1.82) is 0 Å². The van der Waals surface area contributed by atoms with Gasteiger partial charge in [-0.25, -0.2) is 4.68 Å². The van der Waals surface area contributed by atoms with Crippen LogP contribution in [0.1, 0.15) is 11.1 Å². The number of rotatable bonds is 4. The molecule has 0 amide bonds. The molecule has 3 aromatic rings. The number of benzene rings is 1. The molecule has 1 aromatic carbocycles. The topological polar surface area (TPSA) is 68.5 Å². The van der Waals surface area contributed by atoms with Crippen LogP contribution in [0.25, 0.3) is 5.69 Å². The van der Waals surface area contributed by atoms with Gasteiger partial charge in [-0.1, -0.05) is 0 Å². The minimum Gasteiger partial charge on any atom is -0.381 e. The molecule has 20 heavy (non-hydrogen) atoms. The first-order valence-electron chi connectivity index (χ1n) is 6.30. The Morgan fingerprint density at radius 2 is 2.00 bits per heavy atom. The van der Waals surface area contributed by atoms with Crippen LogP contribution < -0.4 is 5.32 Å². The fourth-order valence-electron chi connectivity index (χ4n) is 2.00. The lowest BCUT2D eigenvalue weighted by atomic mass is 10.1. The molecule has 0 aliphatic rings. The molecule has 2 aromatic heterocycles. The number of nitrogens with one attached hydrogen (secondary N) is 1. The Labute approximate surface area is 116 Å². The number of aromatic nitrogens is 5. The van der Waals surface area contributed by atoms with Crippen LogP contribution in [-0.2, 0) is 6.54 Å². The van der Waals surface area contributed by atoms with Crippen molar-refractivity contribution in [2.24, 2.45) is 0 Å². The van der Waals surface area contributed by atoms with Crippen molar-refractivity contribution < 1.29 is 0 Å². The zero-order chi connectivity index (χ0) is 13.8. The Balaban J connectivity index is 1.74. The lowest BCUT2D eigenvalue weighted by Crippen LogP contribution is -2.02. The van der Waals surface area contributed by atoms with Crippen molar-refractivity contribution >= 4 is 5.69 Å². The highest BCUT2D eigenvalue weighted by molar-refractivity contribution is 5.53. The van der Waals surface area contributed by atoms with Crippen molar-refractivity contribution in [1.82, 2.24) is 25.2 Å². The van der Waals surface area contributed by atoms with Gasteiger partial charge in [0.25, 0.3) is 0 Å². The van der Waals surface area contributed by atoms with Crippen LogP contribution in [0.5, 0.6) is 0 Å². The number of pyridine rings is 1. The summed E-state index contributed by atoms with van der Waals surface area (Å²) in [7, 11) is 0. The summed E-state index contributed by atoms with van der Waals surface area (Å²) >= 11 is 0. The van der Waals surface area contributed by atoms with Crippen LogP contribution >= 0.6 is 0 Å². The van der Waals surface area contributed by atoms with Crippen LogP contribution in [0.4, 0.5) is 5.69 Å². The fourth-order valence-corrected chi connectivity index (χ4v) is 2.00. The molecule has 0 saturated heterocycles. The average molecular weight is 266 g/mol. The summed E-state index contributed by atoms with van der Waals surface area (Å²) in [5.74, 6) is 0. The van der Waals surface area contributed by atoms with Crippen LogP contribution in [0.3, 0.4) is 0 Å². The minimum absolute atomic E-state index is 0.770. The summed E-state index contributed by atoms with van der Waals surface area (Å²) in [5, 5.41) is 14.6. The molecule has 0 atom stereocenters. The van der Waals surface area contributed by atoms with Gasteiger partial charge < -0.3 is 5.32 Å². The third-order valence-corrected chi connectivity index (χ3v) is 3.04. The van der Waals surface area contributed by atoms with E-state index in [0.717, 1.165) is 23.5 Å². The second-order valence-corrected chi connectivity index (χ2v) is 4.46. The van der Waals surface area contributed by atoms with Gasteiger partial charge in [-0.2, -0.15) is 0 Å². The van der Waals surface area contributed by atoms with Gasteiger partial charge in [0.1, 0.15) is 6.33 Å². The smallest absolute Gasteiger partial charge is 0.143 e. The van der Waals surface area contributed by atoms with E-state index in [1.54, 1.807) is 23.4 Å². The molecule has 0 unspecified atom stereocenters. The molecule has 0 radical (unpaired) electrons. The second kappa shape index (κ2) is 5.48. The molecule has 0 aliphatic heterocycles. The van der Waals surface area contributed by atoms with Crippen molar-refractivity contribution in [3.63, 3.8) is 0 Å². The number of nitrogens with zero attached hydrogens (tertiary/aromatic N) is 5. The van der Waals surface area contributed by atoms with E-state index >= 15 is 0 Å². The summed E-state index contributed by atoms with van der Waals surface area (Å²) < 4.78 is 1.65. The van der Waals surface area contributed by atoms with E-state index in [9.17, 15) is 0 Å². The van der Waals surface area contributed by atoms with Crippen LogP contribution in [0.2, 0.25) is 0 Å². The van der Waals surface area contributed by atoms with E-state index in [1.807, 2.05) is 31.2 Å². The molecule has 6 nitrogen and oxygen atoms in total. The van der Waals surface area contributed by atoms with E-state index in [1.165, 1.54) is 5.56 Å². The molecule has 0 fully saturated rings. The summed E-state index contributed by atoms with van der Waals surface area (Å²) in [6.45, 7) is 2.81. The van der Waals surface area contributed by atoms with Crippen molar-refractivity contribution in [2.75, 3.05) is 5.32 Å². The van der Waals surface area contributed by atoms with E-state index < -0.39 is 0 Å². The monoisotopic (exact) mass is 266 g/mol. The highest BCUT2D eigenvalue weighted by atomic mass is 15.5. The minimum atomic E-state index is 0.770. The normalized spacial score (nSPS) is 10.4. The maximum Gasteiger partial charge on any atom is 0.143 e. The molecule has 1 N–H and O–H groups in total. The number of hydrogen-bond acceptors (Lipinski definition) is 5. The second-order valence-electron chi connectivity index (χ2n) is 4.46. The maximum absolute atomic E-state index is 4.01. The quantitative estimate of drug-likeness (QED) is 0.782. The zero-order valence-corrected chi connectivity index (χ0v) is 11.1. The SMILES string of the molecule is Cc1cc(NCc2ccncc2)ccc1-n1cnnn1. The Kier molecular flexibility index (Phi) is 3.36. The number of aryl methyl sites for hydroxylation is 1. The lowest BCUT2D eigenvalue weighted by molar-refractivity contribution is 0.785. The molecule has 100 valence electrons. The third-order valence-electron chi connectivity index (χ3n) is 3.04. The zero-order valence-electron chi connectivity index (χ0n) is 11.1. The van der Waals surface area contributed by atoms with E-state index in [0.29, 0.717) is 0 Å². The summed E-state index contributed by atoms with van der Waals surface area (Å²) in [6.07, 6.45) is 5.18. The number of anilines is 1. The van der Waals surface area contributed by atoms with Gasteiger partial charge in [-0.3, -0.25) is 4.98 Å². The summed E-state index contributed by atoms with van der Waals surface area (Å²) in [5.41, 5.74) is 4.35. The molecule has 0 saturated carbocycles.